The first-order valence-corrected chi connectivity index (χ1v) is 3.62. The van der Waals surface area contributed by atoms with Crippen LogP contribution in [0.2, 0.25) is 0 Å². The van der Waals surface area contributed by atoms with Crippen LogP contribution < -0.4 is 0 Å². The summed E-state index contributed by atoms with van der Waals surface area (Å²) in [5.74, 6) is -0.132. The molecule has 0 unspecified atom stereocenters. The van der Waals surface area contributed by atoms with E-state index in [1.807, 2.05) is 0 Å². The summed E-state index contributed by atoms with van der Waals surface area (Å²) in [4.78, 5) is 0. The van der Waals surface area contributed by atoms with Gasteiger partial charge >= 0.3 is 37.7 Å². The molecule has 0 bridgehead atoms. The topological polar surface area (TPSA) is 114 Å². The van der Waals surface area contributed by atoms with Crippen molar-refractivity contribution in [1.29, 1.82) is 0 Å². The molecule has 0 aliphatic heterocycles. The van der Waals surface area contributed by atoms with Crippen molar-refractivity contribution in [2.75, 3.05) is 5.75 Å². The van der Waals surface area contributed by atoms with Gasteiger partial charge in [-0.3, -0.25) is 4.55 Å². The molecule has 0 spiro atoms. The number of hydrogen-bond acceptors (Lipinski definition) is 4. The summed E-state index contributed by atoms with van der Waals surface area (Å²) < 4.78 is 27.6. The third-order valence-electron chi connectivity index (χ3n) is 0.462. The van der Waals surface area contributed by atoms with Crippen molar-refractivity contribution in [2.24, 2.45) is 0 Å². The van der Waals surface area contributed by atoms with Crippen LogP contribution in [0.1, 0.15) is 13.3 Å². The van der Waals surface area contributed by atoms with E-state index in [9.17, 15) is 8.42 Å². The molecule has 0 saturated heterocycles. The van der Waals surface area contributed by atoms with Gasteiger partial charge in [-0.05, 0) is 6.42 Å². The van der Waals surface area contributed by atoms with E-state index in [1.54, 1.807) is 6.92 Å². The smallest absolute Gasteiger partial charge is 0.870 e. The second kappa shape index (κ2) is 10.1. The molecular formula is C3H10CaO5S. The molecule has 0 aliphatic carbocycles. The van der Waals surface area contributed by atoms with Gasteiger partial charge in [-0.25, -0.2) is 0 Å². The van der Waals surface area contributed by atoms with Crippen LogP contribution in [0.5, 0.6) is 0 Å². The van der Waals surface area contributed by atoms with E-state index in [2.05, 4.69) is 0 Å². The zero-order chi connectivity index (χ0) is 5.91. The van der Waals surface area contributed by atoms with Gasteiger partial charge in [0.15, 0.2) is 0 Å². The van der Waals surface area contributed by atoms with E-state index in [-0.39, 0.29) is 54.4 Å². The first kappa shape index (κ1) is 22.5. The monoisotopic (exact) mass is 198 g/mol. The molecule has 0 aromatic rings. The first-order valence-electron chi connectivity index (χ1n) is 2.01. The quantitative estimate of drug-likeness (QED) is 0.476. The van der Waals surface area contributed by atoms with Crippen LogP contribution in [0.3, 0.4) is 0 Å². The van der Waals surface area contributed by atoms with Gasteiger partial charge in [0, 0.05) is 0 Å². The van der Waals surface area contributed by atoms with Gasteiger partial charge in [0.25, 0.3) is 10.1 Å². The molecule has 0 aromatic heterocycles. The summed E-state index contributed by atoms with van der Waals surface area (Å²) in [6.07, 6.45) is 0.471. The second-order valence-electron chi connectivity index (χ2n) is 1.29. The zero-order valence-electron chi connectivity index (χ0n) is 5.69. The Morgan fingerprint density at radius 2 is 1.60 bits per heavy atom. The van der Waals surface area contributed by atoms with Gasteiger partial charge in [0.2, 0.25) is 0 Å². The maximum absolute atomic E-state index is 9.79. The summed E-state index contributed by atoms with van der Waals surface area (Å²) in [5, 5.41) is 0. The van der Waals surface area contributed by atoms with Crippen molar-refractivity contribution in [3.05, 3.63) is 0 Å². The van der Waals surface area contributed by atoms with Gasteiger partial charge in [0.1, 0.15) is 0 Å². The first-order chi connectivity index (χ1) is 3.06. The van der Waals surface area contributed by atoms with Crippen LogP contribution >= 0.6 is 0 Å². The fraction of sp³-hybridized carbons (Fsp3) is 1.00. The van der Waals surface area contributed by atoms with Crippen LogP contribution in [0, 0.1) is 0 Å². The summed E-state index contributed by atoms with van der Waals surface area (Å²) in [6, 6.07) is 0. The van der Waals surface area contributed by atoms with E-state index < -0.39 is 10.1 Å². The summed E-state index contributed by atoms with van der Waals surface area (Å²) in [5.41, 5.74) is 0. The molecule has 0 radical (unpaired) electrons. The van der Waals surface area contributed by atoms with Crippen molar-refractivity contribution < 1.29 is 23.9 Å². The predicted molar refractivity (Wildman–Crippen MR) is 36.3 cm³/mol. The average Bonchev–Trinajstić information content (AvgIpc) is 1.30. The molecule has 0 aromatic carbocycles. The van der Waals surface area contributed by atoms with Crippen molar-refractivity contribution in [3.8, 4) is 0 Å². The number of hydrogen-bond donors (Lipinski definition) is 1. The minimum atomic E-state index is -3.67. The summed E-state index contributed by atoms with van der Waals surface area (Å²) in [7, 11) is -3.67. The standard InChI is InChI=1S/C3H8O3S.Ca.2H2O/c1-2-3-7(4,5)6;;;/h2-3H2,1H3,(H,4,5,6);;2*1H2/q;+2;;/p-2. The molecule has 5 nitrogen and oxygen atoms in total. The largest absolute Gasteiger partial charge is 2.00 e. The van der Waals surface area contributed by atoms with Gasteiger partial charge < -0.3 is 11.0 Å². The van der Waals surface area contributed by atoms with Crippen LogP contribution in [0.4, 0.5) is 0 Å². The SMILES string of the molecule is CCCS(=O)(=O)O.[Ca+2].[OH-].[OH-]. The molecular weight excluding hydrogens is 188 g/mol. The zero-order valence-corrected chi connectivity index (χ0v) is 8.71. The Morgan fingerprint density at radius 1 is 1.30 bits per heavy atom. The van der Waals surface area contributed by atoms with E-state index in [0.29, 0.717) is 6.42 Å². The Bertz CT molecular complexity index is 130. The Hall–Kier alpha value is 1.09. The Morgan fingerprint density at radius 3 is 1.60 bits per heavy atom. The molecule has 0 aliphatic rings. The van der Waals surface area contributed by atoms with Crippen LogP contribution in [0.25, 0.3) is 0 Å². The Balaban J connectivity index is -0.0000000600. The molecule has 10 heavy (non-hydrogen) atoms. The van der Waals surface area contributed by atoms with Crippen molar-refractivity contribution >= 4 is 47.9 Å². The van der Waals surface area contributed by atoms with Gasteiger partial charge in [0.05, 0.1) is 5.75 Å². The van der Waals surface area contributed by atoms with E-state index in [4.69, 9.17) is 4.55 Å². The average molecular weight is 198 g/mol. The van der Waals surface area contributed by atoms with E-state index in [1.165, 1.54) is 0 Å². The van der Waals surface area contributed by atoms with Crippen molar-refractivity contribution in [1.82, 2.24) is 0 Å². The molecule has 0 saturated carbocycles. The van der Waals surface area contributed by atoms with E-state index in [0.717, 1.165) is 0 Å². The maximum atomic E-state index is 9.79. The normalized spacial score (nSPS) is 8.20. The fourth-order valence-corrected chi connectivity index (χ4v) is 0.774. The minimum absolute atomic E-state index is 0. The van der Waals surface area contributed by atoms with Crippen LogP contribution in [-0.2, 0) is 10.1 Å². The second-order valence-corrected chi connectivity index (χ2v) is 2.86. The van der Waals surface area contributed by atoms with Crippen LogP contribution in [0.15, 0.2) is 0 Å². The summed E-state index contributed by atoms with van der Waals surface area (Å²) in [6.45, 7) is 1.69. The molecule has 0 fully saturated rings. The van der Waals surface area contributed by atoms with Crippen LogP contribution in [-0.4, -0.2) is 67.4 Å². The van der Waals surface area contributed by atoms with Gasteiger partial charge in [-0.15, -0.1) is 0 Å². The van der Waals surface area contributed by atoms with Crippen molar-refractivity contribution in [2.45, 2.75) is 13.3 Å². The molecule has 7 heteroatoms. The molecule has 0 rings (SSSR count). The van der Waals surface area contributed by atoms with Gasteiger partial charge in [-0.2, -0.15) is 8.42 Å². The Labute approximate surface area is 90.2 Å². The Kier molecular flexibility index (Phi) is 22.7. The predicted octanol–water partition coefficient (Wildman–Crippen LogP) is -0.450. The van der Waals surface area contributed by atoms with Crippen molar-refractivity contribution in [3.63, 3.8) is 0 Å². The molecule has 0 heterocycles. The summed E-state index contributed by atoms with van der Waals surface area (Å²) >= 11 is 0. The molecule has 0 amide bonds. The molecule has 60 valence electrons. The maximum Gasteiger partial charge on any atom is 2.00 e. The minimum Gasteiger partial charge on any atom is -0.870 e. The van der Waals surface area contributed by atoms with E-state index >= 15 is 0 Å². The third-order valence-corrected chi connectivity index (χ3v) is 1.39. The molecule has 0 atom stereocenters. The molecule has 3 N–H and O–H groups in total. The fourth-order valence-electron chi connectivity index (χ4n) is 0.258. The third kappa shape index (κ3) is 23.0. The van der Waals surface area contributed by atoms with Gasteiger partial charge in [-0.1, -0.05) is 6.92 Å². The number of rotatable bonds is 2.